The van der Waals surface area contributed by atoms with E-state index in [1.54, 1.807) is 22.9 Å². The summed E-state index contributed by atoms with van der Waals surface area (Å²) in [5.74, 6) is -0.960. The van der Waals surface area contributed by atoms with E-state index in [0.29, 0.717) is 5.82 Å². The van der Waals surface area contributed by atoms with E-state index in [0.717, 1.165) is 17.6 Å². The Morgan fingerprint density at radius 3 is 2.79 bits per heavy atom. The smallest absolute Gasteiger partial charge is 0.165 e. The number of ether oxygens (including phenoxy) is 1. The van der Waals surface area contributed by atoms with E-state index in [2.05, 4.69) is 4.98 Å². The van der Waals surface area contributed by atoms with Crippen molar-refractivity contribution in [3.05, 3.63) is 54.4 Å². The second-order valence-corrected chi connectivity index (χ2v) is 4.04. The molecule has 3 aromatic rings. The first-order valence-corrected chi connectivity index (χ1v) is 5.66. The molecular weight excluding hydrogens is 250 g/mol. The molecule has 1 aromatic carbocycles. The van der Waals surface area contributed by atoms with Crippen LogP contribution >= 0.6 is 0 Å². The summed E-state index contributed by atoms with van der Waals surface area (Å²) >= 11 is 0. The number of halogens is 2. The average molecular weight is 260 g/mol. The Balaban J connectivity index is 2.24. The Morgan fingerprint density at radius 2 is 2.00 bits per heavy atom. The fourth-order valence-electron chi connectivity index (χ4n) is 2.00. The molecule has 0 aliphatic carbocycles. The zero-order valence-corrected chi connectivity index (χ0v) is 10.1. The topological polar surface area (TPSA) is 26.5 Å². The van der Waals surface area contributed by atoms with E-state index >= 15 is 0 Å². The van der Waals surface area contributed by atoms with Crippen molar-refractivity contribution in [3.8, 4) is 17.1 Å². The summed E-state index contributed by atoms with van der Waals surface area (Å²) in [4.78, 5) is 4.14. The molecule has 0 spiro atoms. The molecule has 0 amide bonds. The van der Waals surface area contributed by atoms with Crippen LogP contribution < -0.4 is 4.74 Å². The van der Waals surface area contributed by atoms with Crippen LogP contribution in [0.5, 0.6) is 5.75 Å². The molecule has 0 bridgehead atoms. The van der Waals surface area contributed by atoms with Crippen LogP contribution in [0, 0.1) is 11.6 Å². The number of rotatable bonds is 2. The molecular formula is C14H10F2N2O. The van der Waals surface area contributed by atoms with Crippen molar-refractivity contribution in [1.29, 1.82) is 0 Å². The molecule has 0 aliphatic rings. The quantitative estimate of drug-likeness (QED) is 0.706. The van der Waals surface area contributed by atoms with Gasteiger partial charge in [-0.1, -0.05) is 6.07 Å². The number of imidazole rings is 1. The first-order chi connectivity index (χ1) is 9.20. The van der Waals surface area contributed by atoms with Crippen molar-refractivity contribution >= 4 is 5.52 Å². The zero-order valence-electron chi connectivity index (χ0n) is 10.1. The van der Waals surface area contributed by atoms with E-state index in [1.807, 2.05) is 12.1 Å². The third-order valence-electron chi connectivity index (χ3n) is 2.92. The standard InChI is InChI=1S/C14H10F2N2O/c1-19-13-7-11(15)10(6-12(13)16)14-17-8-9-4-2-3-5-18(9)14/h2-8H,1H3. The van der Waals surface area contributed by atoms with Gasteiger partial charge in [0.05, 0.1) is 24.4 Å². The minimum absolute atomic E-state index is 0.101. The molecule has 2 aromatic heterocycles. The van der Waals surface area contributed by atoms with Gasteiger partial charge in [-0.2, -0.15) is 0 Å². The number of hydrogen-bond acceptors (Lipinski definition) is 2. The molecule has 0 saturated carbocycles. The van der Waals surface area contributed by atoms with Crippen LogP contribution in [0.25, 0.3) is 16.9 Å². The number of hydrogen-bond donors (Lipinski definition) is 0. The highest BCUT2D eigenvalue weighted by Gasteiger charge is 2.15. The van der Waals surface area contributed by atoms with Crippen molar-refractivity contribution in [1.82, 2.24) is 9.38 Å². The van der Waals surface area contributed by atoms with Crippen molar-refractivity contribution in [3.63, 3.8) is 0 Å². The van der Waals surface area contributed by atoms with E-state index in [9.17, 15) is 8.78 Å². The highest BCUT2D eigenvalue weighted by atomic mass is 19.1. The van der Waals surface area contributed by atoms with Gasteiger partial charge in [0.1, 0.15) is 11.6 Å². The van der Waals surface area contributed by atoms with Gasteiger partial charge >= 0.3 is 0 Å². The monoisotopic (exact) mass is 260 g/mol. The van der Waals surface area contributed by atoms with Crippen LogP contribution in [-0.2, 0) is 0 Å². The predicted octanol–water partition coefficient (Wildman–Crippen LogP) is 3.29. The Labute approximate surface area is 108 Å². The zero-order chi connectivity index (χ0) is 13.4. The van der Waals surface area contributed by atoms with Crippen molar-refractivity contribution < 1.29 is 13.5 Å². The summed E-state index contributed by atoms with van der Waals surface area (Å²) in [6.45, 7) is 0. The van der Waals surface area contributed by atoms with Crippen LogP contribution in [0.1, 0.15) is 0 Å². The number of benzene rings is 1. The summed E-state index contributed by atoms with van der Waals surface area (Å²) in [6, 6.07) is 7.61. The molecule has 96 valence electrons. The van der Waals surface area contributed by atoms with Gasteiger partial charge in [0.25, 0.3) is 0 Å². The third kappa shape index (κ3) is 1.83. The van der Waals surface area contributed by atoms with Crippen LogP contribution in [-0.4, -0.2) is 16.5 Å². The molecule has 0 atom stereocenters. The molecule has 5 heteroatoms. The minimum atomic E-state index is -0.619. The SMILES string of the molecule is COc1cc(F)c(-c2ncc3ccccn23)cc1F. The average Bonchev–Trinajstić information content (AvgIpc) is 2.84. The first-order valence-electron chi connectivity index (χ1n) is 5.66. The van der Waals surface area contributed by atoms with E-state index in [-0.39, 0.29) is 11.3 Å². The largest absolute Gasteiger partial charge is 0.494 e. The number of aromatic nitrogens is 2. The van der Waals surface area contributed by atoms with Gasteiger partial charge < -0.3 is 4.74 Å². The molecule has 19 heavy (non-hydrogen) atoms. The minimum Gasteiger partial charge on any atom is -0.494 e. The van der Waals surface area contributed by atoms with Gasteiger partial charge in [-0.25, -0.2) is 13.8 Å². The molecule has 0 unspecified atom stereocenters. The molecule has 0 N–H and O–H groups in total. The van der Waals surface area contributed by atoms with Gasteiger partial charge in [0.15, 0.2) is 11.6 Å². The van der Waals surface area contributed by atoms with Crippen molar-refractivity contribution in [2.24, 2.45) is 0 Å². The fourth-order valence-corrected chi connectivity index (χ4v) is 2.00. The molecule has 3 rings (SSSR count). The maximum atomic E-state index is 14.0. The van der Waals surface area contributed by atoms with Crippen molar-refractivity contribution in [2.75, 3.05) is 7.11 Å². The summed E-state index contributed by atoms with van der Waals surface area (Å²) in [5.41, 5.74) is 0.914. The molecule has 0 aliphatic heterocycles. The van der Waals surface area contributed by atoms with Crippen molar-refractivity contribution in [2.45, 2.75) is 0 Å². The van der Waals surface area contributed by atoms with E-state index in [4.69, 9.17) is 4.74 Å². The highest BCUT2D eigenvalue weighted by Crippen LogP contribution is 2.28. The lowest BCUT2D eigenvalue weighted by molar-refractivity contribution is 0.383. The lowest BCUT2D eigenvalue weighted by Crippen LogP contribution is -1.96. The Kier molecular flexibility index (Phi) is 2.67. The molecule has 3 nitrogen and oxygen atoms in total. The van der Waals surface area contributed by atoms with Gasteiger partial charge in [-0.15, -0.1) is 0 Å². The lowest BCUT2D eigenvalue weighted by atomic mass is 10.2. The number of nitrogens with zero attached hydrogens (tertiary/aromatic N) is 2. The van der Waals surface area contributed by atoms with Gasteiger partial charge in [-0.3, -0.25) is 4.40 Å². The maximum absolute atomic E-state index is 14.0. The molecule has 0 fully saturated rings. The number of fused-ring (bicyclic) bond motifs is 1. The highest BCUT2D eigenvalue weighted by molar-refractivity contribution is 5.63. The Bertz CT molecular complexity index is 752. The normalized spacial score (nSPS) is 10.9. The lowest BCUT2D eigenvalue weighted by Gasteiger charge is -2.06. The van der Waals surface area contributed by atoms with E-state index in [1.165, 1.54) is 7.11 Å². The third-order valence-corrected chi connectivity index (χ3v) is 2.92. The molecule has 2 heterocycles. The number of pyridine rings is 1. The summed E-state index contributed by atoms with van der Waals surface area (Å²) < 4.78 is 34.1. The predicted molar refractivity (Wildman–Crippen MR) is 67.1 cm³/mol. The summed E-state index contributed by atoms with van der Waals surface area (Å²) in [7, 11) is 1.29. The molecule has 0 saturated heterocycles. The summed E-state index contributed by atoms with van der Waals surface area (Å²) in [5, 5.41) is 0. The van der Waals surface area contributed by atoms with Gasteiger partial charge in [0.2, 0.25) is 0 Å². The Morgan fingerprint density at radius 1 is 1.16 bits per heavy atom. The summed E-state index contributed by atoms with van der Waals surface area (Å²) in [6.07, 6.45) is 3.36. The van der Waals surface area contributed by atoms with E-state index < -0.39 is 11.6 Å². The second-order valence-electron chi connectivity index (χ2n) is 4.04. The first kappa shape index (κ1) is 11.6. The number of methoxy groups -OCH3 is 1. The van der Waals surface area contributed by atoms with Crippen LogP contribution in [0.3, 0.4) is 0 Å². The fraction of sp³-hybridized carbons (Fsp3) is 0.0714. The van der Waals surface area contributed by atoms with Crippen LogP contribution in [0.4, 0.5) is 8.78 Å². The van der Waals surface area contributed by atoms with Gasteiger partial charge in [0, 0.05) is 12.3 Å². The Hall–Kier alpha value is -2.43. The van der Waals surface area contributed by atoms with Crippen LogP contribution in [0.2, 0.25) is 0 Å². The molecule has 0 radical (unpaired) electrons. The maximum Gasteiger partial charge on any atom is 0.165 e. The van der Waals surface area contributed by atoms with Crippen LogP contribution in [0.15, 0.2) is 42.7 Å². The van der Waals surface area contributed by atoms with Gasteiger partial charge in [-0.05, 0) is 18.2 Å². The second kappa shape index (κ2) is 4.35.